The van der Waals surface area contributed by atoms with E-state index in [2.05, 4.69) is 4.40 Å². The smallest absolute Gasteiger partial charge is 0.257 e. The van der Waals surface area contributed by atoms with Gasteiger partial charge in [0, 0.05) is 16.5 Å². The summed E-state index contributed by atoms with van der Waals surface area (Å²) < 4.78 is 29.9. The Bertz CT molecular complexity index is 1260. The molecule has 0 saturated carbocycles. The van der Waals surface area contributed by atoms with Crippen LogP contribution in [-0.2, 0) is 10.0 Å². The van der Waals surface area contributed by atoms with Crippen LogP contribution >= 0.6 is 35.0 Å². The van der Waals surface area contributed by atoms with Crippen molar-refractivity contribution in [2.45, 2.75) is 17.4 Å². The third-order valence-corrected chi connectivity index (χ3v) is 7.56. The van der Waals surface area contributed by atoms with Crippen LogP contribution < -0.4 is 5.01 Å². The molecule has 0 aromatic heterocycles. The molecular weight excluding hydrogens is 485 g/mol. The van der Waals surface area contributed by atoms with Gasteiger partial charge in [0.2, 0.25) is 0 Å². The molecular formula is C23H19Cl2N3O2S2. The first-order valence-corrected chi connectivity index (χ1v) is 13.1. The predicted octanol–water partition coefficient (Wildman–Crippen LogP) is 6.45. The van der Waals surface area contributed by atoms with Crippen molar-refractivity contribution in [3.63, 3.8) is 0 Å². The van der Waals surface area contributed by atoms with Crippen molar-refractivity contribution in [1.82, 2.24) is 0 Å². The lowest BCUT2D eigenvalue weighted by Gasteiger charge is -2.24. The quantitative estimate of drug-likeness (QED) is 0.296. The van der Waals surface area contributed by atoms with Gasteiger partial charge in [-0.3, -0.25) is 5.01 Å². The Kier molecular flexibility index (Phi) is 6.90. The molecule has 1 aliphatic rings. The average molecular weight is 504 g/mol. The Morgan fingerprint density at radius 3 is 2.16 bits per heavy atom. The van der Waals surface area contributed by atoms with Crippen LogP contribution in [0.2, 0.25) is 10.0 Å². The van der Waals surface area contributed by atoms with Gasteiger partial charge >= 0.3 is 0 Å². The molecule has 0 bridgehead atoms. The van der Waals surface area contributed by atoms with E-state index in [0.717, 1.165) is 11.3 Å². The zero-order chi connectivity index (χ0) is 22.7. The average Bonchev–Trinajstić information content (AvgIpc) is 3.24. The van der Waals surface area contributed by atoms with Gasteiger partial charge in [-0.1, -0.05) is 53.5 Å². The number of sulfonamides is 1. The van der Waals surface area contributed by atoms with Crippen molar-refractivity contribution in [2.75, 3.05) is 11.3 Å². The summed E-state index contributed by atoms with van der Waals surface area (Å²) in [7, 11) is -3.90. The molecule has 5 nitrogen and oxygen atoms in total. The lowest BCUT2D eigenvalue weighted by Crippen LogP contribution is -2.18. The molecule has 0 aliphatic carbocycles. The summed E-state index contributed by atoms with van der Waals surface area (Å²) >= 11 is 13.2. The first kappa shape index (κ1) is 22.9. The second kappa shape index (κ2) is 9.67. The summed E-state index contributed by atoms with van der Waals surface area (Å²) in [6.07, 6.45) is 2.31. The first-order valence-electron chi connectivity index (χ1n) is 9.69. The number of thioether (sulfide) groups is 1. The second-order valence-electron chi connectivity index (χ2n) is 7.03. The van der Waals surface area contributed by atoms with Gasteiger partial charge in [0.15, 0.2) is 0 Å². The van der Waals surface area contributed by atoms with Crippen molar-refractivity contribution < 1.29 is 8.42 Å². The molecule has 4 rings (SSSR count). The minimum Gasteiger partial charge on any atom is -0.257 e. The molecule has 1 heterocycles. The fraction of sp³-hybridized carbons (Fsp3) is 0.130. The van der Waals surface area contributed by atoms with Gasteiger partial charge in [0.05, 0.1) is 22.3 Å². The molecule has 3 aromatic carbocycles. The fourth-order valence-electron chi connectivity index (χ4n) is 3.38. The highest BCUT2D eigenvalue weighted by Crippen LogP contribution is 2.36. The Morgan fingerprint density at radius 2 is 1.56 bits per heavy atom. The van der Waals surface area contributed by atoms with Crippen LogP contribution in [0.15, 0.2) is 93.3 Å². The maximum absolute atomic E-state index is 12.9. The van der Waals surface area contributed by atoms with Crippen LogP contribution in [0.3, 0.4) is 0 Å². The third kappa shape index (κ3) is 5.02. The standard InChI is InChI=1S/C23H19Cl2N3O2S2/c1-31-23(27-32(29,30)20-13-9-18(25)10-14-20)21-15-22(16-5-3-2-4-6-16)28(26-21)19-11-7-17(24)8-12-19/h2-14,22H,15H2,1H3/t22-/m1/s1. The number of nitrogens with zero attached hydrogens (tertiary/aromatic N) is 3. The molecule has 0 spiro atoms. The largest absolute Gasteiger partial charge is 0.283 e. The molecule has 0 saturated heterocycles. The molecule has 0 unspecified atom stereocenters. The maximum atomic E-state index is 12.9. The Hall–Kier alpha value is -2.32. The molecule has 9 heteroatoms. The highest BCUT2D eigenvalue weighted by Gasteiger charge is 2.32. The number of hydrogen-bond acceptors (Lipinski definition) is 5. The van der Waals surface area contributed by atoms with E-state index in [0.29, 0.717) is 27.2 Å². The summed E-state index contributed by atoms with van der Waals surface area (Å²) in [6.45, 7) is 0. The van der Waals surface area contributed by atoms with Crippen LogP contribution in [0, 0.1) is 0 Å². The predicted molar refractivity (Wildman–Crippen MR) is 135 cm³/mol. The van der Waals surface area contributed by atoms with Crippen molar-refractivity contribution >= 4 is 61.4 Å². The highest BCUT2D eigenvalue weighted by atomic mass is 35.5. The molecule has 0 N–H and O–H groups in total. The number of halogens is 2. The van der Waals surface area contributed by atoms with Crippen LogP contribution in [0.25, 0.3) is 0 Å². The number of rotatable bonds is 5. The molecule has 0 fully saturated rings. The lowest BCUT2D eigenvalue weighted by molar-refractivity contribution is 0.598. The minimum absolute atomic E-state index is 0.0845. The van der Waals surface area contributed by atoms with Gasteiger partial charge in [-0.25, -0.2) is 0 Å². The molecule has 3 aromatic rings. The van der Waals surface area contributed by atoms with Crippen LogP contribution in [0.5, 0.6) is 0 Å². The number of benzene rings is 3. The summed E-state index contributed by atoms with van der Waals surface area (Å²) in [5.74, 6) is 0. The van der Waals surface area contributed by atoms with E-state index in [-0.39, 0.29) is 10.9 Å². The van der Waals surface area contributed by atoms with Crippen LogP contribution in [0.4, 0.5) is 5.69 Å². The van der Waals surface area contributed by atoms with Gasteiger partial charge in [-0.05, 0) is 60.4 Å². The zero-order valence-electron chi connectivity index (χ0n) is 17.0. The van der Waals surface area contributed by atoms with E-state index in [1.54, 1.807) is 18.4 Å². The Morgan fingerprint density at radius 1 is 0.969 bits per heavy atom. The molecule has 32 heavy (non-hydrogen) atoms. The molecule has 1 aliphatic heterocycles. The monoisotopic (exact) mass is 503 g/mol. The minimum atomic E-state index is -3.90. The Labute approximate surface area is 201 Å². The fourth-order valence-corrected chi connectivity index (χ4v) is 5.50. The van der Waals surface area contributed by atoms with E-state index in [1.165, 1.54) is 36.0 Å². The van der Waals surface area contributed by atoms with Gasteiger partial charge < -0.3 is 0 Å². The molecule has 0 amide bonds. The number of hydrazone groups is 1. The van der Waals surface area contributed by atoms with Gasteiger partial charge in [-0.15, -0.1) is 11.8 Å². The summed E-state index contributed by atoms with van der Waals surface area (Å²) in [6, 6.07) is 23.2. The Balaban J connectivity index is 1.73. The van der Waals surface area contributed by atoms with Gasteiger partial charge in [0.1, 0.15) is 5.04 Å². The normalized spacial score (nSPS) is 16.8. The molecule has 1 atom stereocenters. The highest BCUT2D eigenvalue weighted by molar-refractivity contribution is 8.15. The van der Waals surface area contributed by atoms with E-state index >= 15 is 0 Å². The second-order valence-corrected chi connectivity index (χ2v) is 10.3. The van der Waals surface area contributed by atoms with Crippen LogP contribution in [-0.4, -0.2) is 25.4 Å². The summed E-state index contributed by atoms with van der Waals surface area (Å²) in [5, 5.41) is 8.12. The number of anilines is 1. The van der Waals surface area contributed by atoms with Crippen molar-refractivity contribution in [3.05, 3.63) is 94.5 Å². The number of hydrogen-bond donors (Lipinski definition) is 0. The topological polar surface area (TPSA) is 62.1 Å². The lowest BCUT2D eigenvalue weighted by atomic mass is 10.0. The summed E-state index contributed by atoms with van der Waals surface area (Å²) in [4.78, 5) is 0.0845. The van der Waals surface area contributed by atoms with Crippen LogP contribution in [0.1, 0.15) is 18.0 Å². The van der Waals surface area contributed by atoms with Crippen molar-refractivity contribution in [2.24, 2.45) is 9.50 Å². The van der Waals surface area contributed by atoms with E-state index < -0.39 is 10.0 Å². The molecule has 164 valence electrons. The van der Waals surface area contributed by atoms with E-state index in [4.69, 9.17) is 28.3 Å². The van der Waals surface area contributed by atoms with Crippen molar-refractivity contribution in [1.29, 1.82) is 0 Å². The van der Waals surface area contributed by atoms with Gasteiger partial charge in [0.25, 0.3) is 10.0 Å². The molecule has 0 radical (unpaired) electrons. The summed E-state index contributed by atoms with van der Waals surface area (Å²) in [5.41, 5.74) is 2.54. The zero-order valence-corrected chi connectivity index (χ0v) is 20.2. The van der Waals surface area contributed by atoms with Gasteiger partial charge in [-0.2, -0.15) is 17.9 Å². The van der Waals surface area contributed by atoms with E-state index in [9.17, 15) is 8.42 Å². The maximum Gasteiger partial charge on any atom is 0.283 e. The first-order chi connectivity index (χ1) is 15.4. The SMILES string of the molecule is CSC(=NS(=O)(=O)c1ccc(Cl)cc1)C1=NN(c2ccc(Cl)cc2)[C@@H](c2ccccc2)C1. The third-order valence-electron chi connectivity index (χ3n) is 4.94. The van der Waals surface area contributed by atoms with Crippen molar-refractivity contribution in [3.8, 4) is 0 Å². The van der Waals surface area contributed by atoms with E-state index in [1.807, 2.05) is 47.5 Å².